The van der Waals surface area contributed by atoms with E-state index in [0.717, 1.165) is 0 Å². The summed E-state index contributed by atoms with van der Waals surface area (Å²) in [7, 11) is 0. The number of anilines is 1. The van der Waals surface area contributed by atoms with E-state index >= 15 is 0 Å². The van der Waals surface area contributed by atoms with E-state index in [1.165, 1.54) is 0 Å². The maximum absolute atomic E-state index is 12.4. The molecule has 0 saturated heterocycles. The third-order valence-corrected chi connectivity index (χ3v) is 3.90. The Morgan fingerprint density at radius 1 is 1.08 bits per heavy atom. The van der Waals surface area contributed by atoms with Gasteiger partial charge in [-0.2, -0.15) is 0 Å². The molecule has 0 aromatic heterocycles. The Balaban J connectivity index is 2.08. The van der Waals surface area contributed by atoms with E-state index in [1.54, 1.807) is 59.5 Å². The van der Waals surface area contributed by atoms with Crippen LogP contribution in [0.1, 0.15) is 34.6 Å². The van der Waals surface area contributed by atoms with Gasteiger partial charge in [0.2, 0.25) is 0 Å². The summed E-state index contributed by atoms with van der Waals surface area (Å²) in [6, 6.07) is 13.8. The van der Waals surface area contributed by atoms with Crippen molar-refractivity contribution in [1.29, 1.82) is 0 Å². The second-order valence-electron chi connectivity index (χ2n) is 5.64. The van der Waals surface area contributed by atoms with Crippen LogP contribution in [-0.2, 0) is 0 Å². The lowest BCUT2D eigenvalue weighted by molar-refractivity contribution is 0.0772. The molecule has 0 saturated carbocycles. The fourth-order valence-electron chi connectivity index (χ4n) is 2.48. The lowest BCUT2D eigenvalue weighted by Crippen LogP contribution is -2.30. The first kappa shape index (κ1) is 19.2. The standard InChI is InChI=1S/C21H24N2O3/c1-4-14-26-19-12-10-16(11-13-19)20(24)22-18-9-7-8-17(15-18)21(25)23(5-2)6-3/h4,7-13,15H,1,5-6,14H2,2-3H3,(H,22,24). The second kappa shape index (κ2) is 9.42. The molecule has 26 heavy (non-hydrogen) atoms. The highest BCUT2D eigenvalue weighted by Gasteiger charge is 2.13. The maximum Gasteiger partial charge on any atom is 0.255 e. The van der Waals surface area contributed by atoms with Crippen molar-refractivity contribution in [3.8, 4) is 5.75 Å². The maximum atomic E-state index is 12.4. The summed E-state index contributed by atoms with van der Waals surface area (Å²) in [5.41, 5.74) is 1.65. The van der Waals surface area contributed by atoms with Crippen molar-refractivity contribution >= 4 is 17.5 Å². The molecule has 5 nitrogen and oxygen atoms in total. The Kier molecular flexibility index (Phi) is 6.97. The van der Waals surface area contributed by atoms with Gasteiger partial charge in [-0.15, -0.1) is 0 Å². The zero-order valence-corrected chi connectivity index (χ0v) is 15.2. The molecule has 0 unspecified atom stereocenters. The van der Waals surface area contributed by atoms with Crippen LogP contribution in [0.5, 0.6) is 5.75 Å². The molecule has 0 radical (unpaired) electrons. The van der Waals surface area contributed by atoms with Gasteiger partial charge in [0.15, 0.2) is 0 Å². The molecule has 0 aliphatic heterocycles. The Morgan fingerprint density at radius 3 is 2.38 bits per heavy atom. The number of nitrogens with zero attached hydrogens (tertiary/aromatic N) is 1. The summed E-state index contributed by atoms with van der Waals surface area (Å²) in [5.74, 6) is 0.385. The predicted octanol–water partition coefficient (Wildman–Crippen LogP) is 3.99. The average Bonchev–Trinajstić information content (AvgIpc) is 2.67. The molecule has 5 heteroatoms. The smallest absolute Gasteiger partial charge is 0.255 e. The molecule has 2 amide bonds. The molecule has 0 aliphatic rings. The van der Waals surface area contributed by atoms with Gasteiger partial charge < -0.3 is 15.0 Å². The first-order chi connectivity index (χ1) is 12.6. The Hall–Kier alpha value is -3.08. The van der Waals surface area contributed by atoms with Crippen molar-refractivity contribution in [3.05, 3.63) is 72.3 Å². The van der Waals surface area contributed by atoms with Crippen molar-refractivity contribution in [2.45, 2.75) is 13.8 Å². The van der Waals surface area contributed by atoms with Crippen molar-refractivity contribution in [2.24, 2.45) is 0 Å². The highest BCUT2D eigenvalue weighted by molar-refractivity contribution is 6.05. The highest BCUT2D eigenvalue weighted by Crippen LogP contribution is 2.16. The van der Waals surface area contributed by atoms with Gasteiger partial charge in [-0.05, 0) is 56.3 Å². The summed E-state index contributed by atoms with van der Waals surface area (Å²) in [6.45, 7) is 9.18. The molecule has 2 rings (SSSR count). The SMILES string of the molecule is C=CCOc1ccc(C(=O)Nc2cccc(C(=O)N(CC)CC)c2)cc1. The van der Waals surface area contributed by atoms with Crippen LogP contribution in [0.3, 0.4) is 0 Å². The zero-order chi connectivity index (χ0) is 18.9. The number of carbonyl (C=O) groups is 2. The number of hydrogen-bond acceptors (Lipinski definition) is 3. The fraction of sp³-hybridized carbons (Fsp3) is 0.238. The molecular formula is C21H24N2O3. The van der Waals surface area contributed by atoms with Crippen LogP contribution in [0.2, 0.25) is 0 Å². The van der Waals surface area contributed by atoms with E-state index in [0.29, 0.717) is 42.3 Å². The minimum absolute atomic E-state index is 0.0465. The predicted molar refractivity (Wildman–Crippen MR) is 104 cm³/mol. The van der Waals surface area contributed by atoms with Gasteiger partial charge in [-0.1, -0.05) is 18.7 Å². The Labute approximate surface area is 154 Å². The van der Waals surface area contributed by atoms with Crippen LogP contribution in [0.15, 0.2) is 61.2 Å². The molecule has 0 aliphatic carbocycles. The molecule has 0 atom stereocenters. The topological polar surface area (TPSA) is 58.6 Å². The van der Waals surface area contributed by atoms with E-state index in [4.69, 9.17) is 4.74 Å². The minimum atomic E-state index is -0.243. The van der Waals surface area contributed by atoms with Gasteiger partial charge in [-0.25, -0.2) is 0 Å². The summed E-state index contributed by atoms with van der Waals surface area (Å²) in [4.78, 5) is 26.6. The summed E-state index contributed by atoms with van der Waals surface area (Å²) >= 11 is 0. The Bertz CT molecular complexity index is 765. The average molecular weight is 352 g/mol. The van der Waals surface area contributed by atoms with Gasteiger partial charge in [0, 0.05) is 29.9 Å². The molecule has 0 spiro atoms. The lowest BCUT2D eigenvalue weighted by Gasteiger charge is -2.19. The number of benzene rings is 2. The number of carbonyl (C=O) groups excluding carboxylic acids is 2. The van der Waals surface area contributed by atoms with Gasteiger partial charge in [-0.3, -0.25) is 9.59 Å². The van der Waals surface area contributed by atoms with E-state index in [9.17, 15) is 9.59 Å². The molecule has 0 bridgehead atoms. The summed E-state index contributed by atoms with van der Waals surface area (Å²) < 4.78 is 5.40. The van der Waals surface area contributed by atoms with Gasteiger partial charge >= 0.3 is 0 Å². The number of hydrogen-bond donors (Lipinski definition) is 1. The molecule has 2 aromatic carbocycles. The first-order valence-corrected chi connectivity index (χ1v) is 8.63. The summed E-state index contributed by atoms with van der Waals surface area (Å²) in [5, 5.41) is 2.82. The molecule has 0 heterocycles. The number of amides is 2. The van der Waals surface area contributed by atoms with Gasteiger partial charge in [0.25, 0.3) is 11.8 Å². The third kappa shape index (κ3) is 4.96. The van der Waals surface area contributed by atoms with E-state index in [2.05, 4.69) is 11.9 Å². The van der Waals surface area contributed by atoms with Crippen LogP contribution in [-0.4, -0.2) is 36.4 Å². The van der Waals surface area contributed by atoms with Crippen LogP contribution in [0, 0.1) is 0 Å². The zero-order valence-electron chi connectivity index (χ0n) is 15.2. The fourth-order valence-corrected chi connectivity index (χ4v) is 2.48. The first-order valence-electron chi connectivity index (χ1n) is 8.63. The largest absolute Gasteiger partial charge is 0.490 e. The van der Waals surface area contributed by atoms with E-state index in [-0.39, 0.29) is 11.8 Å². The number of ether oxygens (including phenoxy) is 1. The lowest BCUT2D eigenvalue weighted by atomic mass is 10.1. The van der Waals surface area contributed by atoms with Crippen LogP contribution >= 0.6 is 0 Å². The third-order valence-electron chi connectivity index (χ3n) is 3.90. The van der Waals surface area contributed by atoms with E-state index < -0.39 is 0 Å². The van der Waals surface area contributed by atoms with Crippen molar-refractivity contribution in [1.82, 2.24) is 4.90 Å². The molecule has 0 fully saturated rings. The number of nitrogens with one attached hydrogen (secondary N) is 1. The van der Waals surface area contributed by atoms with Gasteiger partial charge in [0.1, 0.15) is 12.4 Å². The monoisotopic (exact) mass is 352 g/mol. The van der Waals surface area contributed by atoms with Crippen molar-refractivity contribution in [3.63, 3.8) is 0 Å². The normalized spacial score (nSPS) is 10.1. The van der Waals surface area contributed by atoms with Crippen LogP contribution in [0.25, 0.3) is 0 Å². The molecule has 2 aromatic rings. The van der Waals surface area contributed by atoms with Gasteiger partial charge in [0.05, 0.1) is 0 Å². The van der Waals surface area contributed by atoms with Crippen molar-refractivity contribution in [2.75, 3.05) is 25.0 Å². The second-order valence-corrected chi connectivity index (χ2v) is 5.64. The minimum Gasteiger partial charge on any atom is -0.490 e. The molecular weight excluding hydrogens is 328 g/mol. The highest BCUT2D eigenvalue weighted by atomic mass is 16.5. The van der Waals surface area contributed by atoms with E-state index in [1.807, 2.05) is 13.8 Å². The quantitative estimate of drug-likeness (QED) is 0.731. The molecule has 1 N–H and O–H groups in total. The van der Waals surface area contributed by atoms with Crippen molar-refractivity contribution < 1.29 is 14.3 Å². The Morgan fingerprint density at radius 2 is 1.77 bits per heavy atom. The van der Waals surface area contributed by atoms with Crippen LogP contribution in [0.4, 0.5) is 5.69 Å². The summed E-state index contributed by atoms with van der Waals surface area (Å²) in [6.07, 6.45) is 1.66. The van der Waals surface area contributed by atoms with Crippen LogP contribution < -0.4 is 10.1 Å². The molecule has 136 valence electrons. The number of rotatable bonds is 8.